The highest BCUT2D eigenvalue weighted by Crippen LogP contribution is 2.21. The van der Waals surface area contributed by atoms with E-state index in [-0.39, 0.29) is 6.03 Å². The second-order valence-electron chi connectivity index (χ2n) is 5.06. The maximum Gasteiger partial charge on any atom is 0.321 e. The van der Waals surface area contributed by atoms with Gasteiger partial charge in [-0.1, -0.05) is 22.9 Å². The SMILES string of the molecule is Cc1cc(NC(=O)N2CCC(C)CC2)ccc1Br. The van der Waals surface area contributed by atoms with Crippen LogP contribution in [-0.2, 0) is 0 Å². The van der Waals surface area contributed by atoms with E-state index < -0.39 is 0 Å². The number of carbonyl (C=O) groups excluding carboxylic acids is 1. The maximum atomic E-state index is 12.1. The molecule has 1 fully saturated rings. The molecule has 0 radical (unpaired) electrons. The highest BCUT2D eigenvalue weighted by Gasteiger charge is 2.20. The molecule has 1 aliphatic rings. The molecule has 2 rings (SSSR count). The molecule has 1 N–H and O–H groups in total. The minimum absolute atomic E-state index is 0.0172. The highest BCUT2D eigenvalue weighted by atomic mass is 79.9. The van der Waals surface area contributed by atoms with E-state index in [4.69, 9.17) is 0 Å². The van der Waals surface area contributed by atoms with Crippen LogP contribution in [0.3, 0.4) is 0 Å². The smallest absolute Gasteiger partial charge is 0.321 e. The van der Waals surface area contributed by atoms with E-state index in [0.29, 0.717) is 0 Å². The highest BCUT2D eigenvalue weighted by molar-refractivity contribution is 9.10. The Hall–Kier alpha value is -1.03. The zero-order chi connectivity index (χ0) is 13.1. The fraction of sp³-hybridized carbons (Fsp3) is 0.500. The number of halogens is 1. The molecule has 0 unspecified atom stereocenters. The van der Waals surface area contributed by atoms with E-state index in [1.807, 2.05) is 30.0 Å². The molecule has 98 valence electrons. The van der Waals surface area contributed by atoms with Gasteiger partial charge in [0.05, 0.1) is 0 Å². The molecule has 0 atom stereocenters. The number of urea groups is 1. The summed E-state index contributed by atoms with van der Waals surface area (Å²) in [6, 6.07) is 5.88. The van der Waals surface area contributed by atoms with Crippen LogP contribution in [-0.4, -0.2) is 24.0 Å². The Bertz CT molecular complexity index is 439. The summed E-state index contributed by atoms with van der Waals surface area (Å²) in [5.74, 6) is 0.740. The Balaban J connectivity index is 1.96. The van der Waals surface area contributed by atoms with Crippen molar-refractivity contribution >= 4 is 27.6 Å². The zero-order valence-corrected chi connectivity index (χ0v) is 12.5. The molecule has 18 heavy (non-hydrogen) atoms. The molecule has 1 aromatic rings. The summed E-state index contributed by atoms with van der Waals surface area (Å²) in [7, 11) is 0. The molecule has 3 nitrogen and oxygen atoms in total. The summed E-state index contributed by atoms with van der Waals surface area (Å²) in [5.41, 5.74) is 1.99. The van der Waals surface area contributed by atoms with E-state index in [9.17, 15) is 4.79 Å². The van der Waals surface area contributed by atoms with Gasteiger partial charge in [-0.2, -0.15) is 0 Å². The number of hydrogen-bond acceptors (Lipinski definition) is 1. The van der Waals surface area contributed by atoms with Crippen molar-refractivity contribution in [2.75, 3.05) is 18.4 Å². The number of piperidine rings is 1. The fourth-order valence-electron chi connectivity index (χ4n) is 2.14. The Kier molecular flexibility index (Phi) is 4.27. The zero-order valence-electron chi connectivity index (χ0n) is 10.9. The Morgan fingerprint density at radius 1 is 1.39 bits per heavy atom. The van der Waals surface area contributed by atoms with Gasteiger partial charge in [0, 0.05) is 23.2 Å². The van der Waals surface area contributed by atoms with Gasteiger partial charge in [-0.15, -0.1) is 0 Å². The Morgan fingerprint density at radius 3 is 2.67 bits per heavy atom. The van der Waals surface area contributed by atoms with Crippen molar-refractivity contribution in [3.8, 4) is 0 Å². The Labute approximate surface area is 117 Å². The fourth-order valence-corrected chi connectivity index (χ4v) is 2.38. The summed E-state index contributed by atoms with van der Waals surface area (Å²) in [4.78, 5) is 14.0. The Morgan fingerprint density at radius 2 is 2.06 bits per heavy atom. The van der Waals surface area contributed by atoms with Gasteiger partial charge in [0.25, 0.3) is 0 Å². The van der Waals surface area contributed by atoms with Crippen LogP contribution in [0.25, 0.3) is 0 Å². The number of hydrogen-bond donors (Lipinski definition) is 1. The van der Waals surface area contributed by atoms with Crippen molar-refractivity contribution in [1.82, 2.24) is 4.90 Å². The normalized spacial score (nSPS) is 16.7. The van der Waals surface area contributed by atoms with Gasteiger partial charge in [0.1, 0.15) is 0 Å². The first-order chi connectivity index (χ1) is 8.56. The van der Waals surface area contributed by atoms with Gasteiger partial charge >= 0.3 is 6.03 Å². The average Bonchev–Trinajstić information content (AvgIpc) is 2.34. The summed E-state index contributed by atoms with van der Waals surface area (Å²) in [5, 5.41) is 2.96. The van der Waals surface area contributed by atoms with Crippen molar-refractivity contribution in [3.63, 3.8) is 0 Å². The van der Waals surface area contributed by atoms with Crippen molar-refractivity contribution < 1.29 is 4.79 Å². The number of anilines is 1. The third-order valence-corrected chi connectivity index (χ3v) is 4.37. The number of benzene rings is 1. The topological polar surface area (TPSA) is 32.3 Å². The van der Waals surface area contributed by atoms with Gasteiger partial charge < -0.3 is 10.2 Å². The first-order valence-electron chi connectivity index (χ1n) is 6.38. The van der Waals surface area contributed by atoms with Gasteiger partial charge in [0.2, 0.25) is 0 Å². The van der Waals surface area contributed by atoms with Crippen LogP contribution in [0.1, 0.15) is 25.3 Å². The number of amides is 2. The van der Waals surface area contributed by atoms with E-state index >= 15 is 0 Å². The molecular weight excluding hydrogens is 292 g/mol. The monoisotopic (exact) mass is 310 g/mol. The maximum absolute atomic E-state index is 12.1. The number of rotatable bonds is 1. The predicted octanol–water partition coefficient (Wildman–Crippen LogP) is 4.02. The van der Waals surface area contributed by atoms with Crippen LogP contribution in [0.2, 0.25) is 0 Å². The number of carbonyl (C=O) groups is 1. The molecule has 1 saturated heterocycles. The van der Waals surface area contributed by atoms with E-state index in [1.54, 1.807) is 0 Å². The average molecular weight is 311 g/mol. The van der Waals surface area contributed by atoms with Crippen molar-refractivity contribution in [2.45, 2.75) is 26.7 Å². The molecule has 0 aliphatic carbocycles. The molecule has 0 saturated carbocycles. The summed E-state index contributed by atoms with van der Waals surface area (Å²) in [6.07, 6.45) is 2.21. The summed E-state index contributed by atoms with van der Waals surface area (Å²) >= 11 is 3.46. The lowest BCUT2D eigenvalue weighted by Crippen LogP contribution is -2.40. The first kappa shape index (κ1) is 13.4. The third kappa shape index (κ3) is 3.25. The minimum atomic E-state index is 0.0172. The van der Waals surface area contributed by atoms with E-state index in [1.165, 1.54) is 0 Å². The lowest BCUT2D eigenvalue weighted by atomic mass is 10.00. The summed E-state index contributed by atoms with van der Waals surface area (Å²) in [6.45, 7) is 5.99. The number of likely N-dealkylation sites (tertiary alicyclic amines) is 1. The quantitative estimate of drug-likeness (QED) is 0.834. The minimum Gasteiger partial charge on any atom is -0.325 e. The van der Waals surface area contributed by atoms with Crippen molar-refractivity contribution in [3.05, 3.63) is 28.2 Å². The van der Waals surface area contributed by atoms with Gasteiger partial charge in [-0.05, 0) is 49.4 Å². The van der Waals surface area contributed by atoms with Crippen LogP contribution in [0.5, 0.6) is 0 Å². The molecular formula is C14H19BrN2O. The number of aryl methyl sites for hydroxylation is 1. The van der Waals surface area contributed by atoms with Crippen LogP contribution in [0, 0.1) is 12.8 Å². The van der Waals surface area contributed by atoms with Crippen LogP contribution < -0.4 is 5.32 Å². The van der Waals surface area contributed by atoms with Crippen molar-refractivity contribution in [2.24, 2.45) is 5.92 Å². The molecule has 2 amide bonds. The van der Waals surface area contributed by atoms with E-state index in [0.717, 1.165) is 47.6 Å². The largest absolute Gasteiger partial charge is 0.325 e. The van der Waals surface area contributed by atoms with Crippen LogP contribution in [0.15, 0.2) is 22.7 Å². The molecule has 4 heteroatoms. The molecule has 1 heterocycles. The molecule has 0 bridgehead atoms. The number of nitrogens with zero attached hydrogens (tertiary/aromatic N) is 1. The molecule has 1 aliphatic heterocycles. The first-order valence-corrected chi connectivity index (χ1v) is 7.17. The number of nitrogens with one attached hydrogen (secondary N) is 1. The van der Waals surface area contributed by atoms with Gasteiger partial charge in [-0.25, -0.2) is 4.79 Å². The van der Waals surface area contributed by atoms with Crippen molar-refractivity contribution in [1.29, 1.82) is 0 Å². The van der Waals surface area contributed by atoms with Crippen LogP contribution in [0.4, 0.5) is 10.5 Å². The van der Waals surface area contributed by atoms with Crippen LogP contribution >= 0.6 is 15.9 Å². The lowest BCUT2D eigenvalue weighted by molar-refractivity contribution is 0.186. The van der Waals surface area contributed by atoms with Gasteiger partial charge in [-0.3, -0.25) is 0 Å². The molecule has 0 aromatic heterocycles. The predicted molar refractivity (Wildman–Crippen MR) is 77.9 cm³/mol. The molecule has 1 aromatic carbocycles. The second-order valence-corrected chi connectivity index (χ2v) is 5.92. The summed E-state index contributed by atoms with van der Waals surface area (Å²) < 4.78 is 1.06. The lowest BCUT2D eigenvalue weighted by Gasteiger charge is -2.30. The standard InChI is InChI=1S/C14H19BrN2O/c1-10-5-7-17(8-6-10)14(18)16-12-3-4-13(15)11(2)9-12/h3-4,9-10H,5-8H2,1-2H3,(H,16,18). The third-order valence-electron chi connectivity index (χ3n) is 3.48. The van der Waals surface area contributed by atoms with E-state index in [2.05, 4.69) is 28.2 Å². The second kappa shape index (κ2) is 5.74. The molecule has 0 spiro atoms. The van der Waals surface area contributed by atoms with Gasteiger partial charge in [0.15, 0.2) is 0 Å².